The van der Waals surface area contributed by atoms with Gasteiger partial charge in [0.1, 0.15) is 5.82 Å². The van der Waals surface area contributed by atoms with Crippen molar-refractivity contribution in [1.29, 1.82) is 0 Å². The van der Waals surface area contributed by atoms with Gasteiger partial charge in [0.2, 0.25) is 0 Å². The zero-order valence-electron chi connectivity index (χ0n) is 10.7. The molecule has 102 valence electrons. The van der Waals surface area contributed by atoms with Crippen LogP contribution in [0.25, 0.3) is 0 Å². The normalized spacial score (nSPS) is 9.95. The van der Waals surface area contributed by atoms with Gasteiger partial charge in [0, 0.05) is 21.2 Å². The summed E-state index contributed by atoms with van der Waals surface area (Å²) in [6, 6.07) is 12.4. The number of hydrogen-bond donors (Lipinski definition) is 1. The fraction of sp³-hybridized carbons (Fsp3) is 0.125. The lowest BCUT2D eigenvalue weighted by atomic mass is 10.1. The molecule has 2 rings (SSSR count). The molecule has 0 bridgehead atoms. The fourth-order valence-electron chi connectivity index (χ4n) is 1.66. The second kappa shape index (κ2) is 7.35. The van der Waals surface area contributed by atoms with Crippen LogP contribution < -0.4 is 5.73 Å². The summed E-state index contributed by atoms with van der Waals surface area (Å²) in [6.45, 7) is 0.269. The number of thioether (sulfide) groups is 1. The first-order valence-electron chi connectivity index (χ1n) is 6.04. The molecule has 20 heavy (non-hydrogen) atoms. The van der Waals surface area contributed by atoms with Crippen LogP contribution in [0.4, 0.5) is 4.39 Å². The van der Waals surface area contributed by atoms with Crippen molar-refractivity contribution in [3.05, 3.63) is 64.4 Å². The summed E-state index contributed by atoms with van der Waals surface area (Å²) in [5.74, 6) is 5.98. The third-order valence-electron chi connectivity index (χ3n) is 2.51. The Morgan fingerprint density at radius 2 is 1.90 bits per heavy atom. The maximum atomic E-state index is 13.5. The van der Waals surface area contributed by atoms with Gasteiger partial charge in [-0.05, 0) is 48.0 Å². The summed E-state index contributed by atoms with van der Waals surface area (Å²) >= 11 is 7.46. The van der Waals surface area contributed by atoms with Crippen molar-refractivity contribution in [3.8, 4) is 11.8 Å². The lowest BCUT2D eigenvalue weighted by molar-refractivity contribution is 0.626. The van der Waals surface area contributed by atoms with E-state index in [-0.39, 0.29) is 12.4 Å². The lowest BCUT2D eigenvalue weighted by Gasteiger charge is -2.04. The van der Waals surface area contributed by atoms with Crippen molar-refractivity contribution < 1.29 is 4.39 Å². The number of rotatable bonds is 3. The molecule has 0 aliphatic carbocycles. The highest BCUT2D eigenvalue weighted by Gasteiger charge is 2.01. The molecule has 0 heterocycles. The van der Waals surface area contributed by atoms with Gasteiger partial charge in [0.15, 0.2) is 0 Å². The molecule has 0 saturated heterocycles. The van der Waals surface area contributed by atoms with Crippen LogP contribution >= 0.6 is 23.4 Å². The van der Waals surface area contributed by atoms with Crippen molar-refractivity contribution in [2.45, 2.75) is 10.6 Å². The first-order chi connectivity index (χ1) is 9.67. The molecule has 2 aromatic carbocycles. The molecule has 0 spiro atoms. The van der Waals surface area contributed by atoms with Crippen LogP contribution in [-0.4, -0.2) is 6.54 Å². The molecule has 2 N–H and O–H groups in total. The largest absolute Gasteiger partial charge is 0.320 e. The molecule has 0 amide bonds. The first-order valence-corrected chi connectivity index (χ1v) is 7.40. The number of hydrogen-bond acceptors (Lipinski definition) is 2. The van der Waals surface area contributed by atoms with Crippen molar-refractivity contribution in [3.63, 3.8) is 0 Å². The standard InChI is InChI=1S/C16H13ClFNS/c17-14-3-5-16(6-4-14)20-11-13-8-12(2-1-7-19)9-15(18)10-13/h3-6,8-10H,7,11,19H2. The third kappa shape index (κ3) is 4.57. The smallest absolute Gasteiger partial charge is 0.124 e. The molecule has 0 unspecified atom stereocenters. The zero-order valence-corrected chi connectivity index (χ0v) is 12.3. The van der Waals surface area contributed by atoms with Crippen molar-refractivity contribution in [1.82, 2.24) is 0 Å². The SMILES string of the molecule is NCC#Cc1cc(F)cc(CSc2ccc(Cl)cc2)c1. The Kier molecular flexibility index (Phi) is 5.49. The number of halogens is 2. The van der Waals surface area contributed by atoms with Crippen molar-refractivity contribution >= 4 is 23.4 Å². The summed E-state index contributed by atoms with van der Waals surface area (Å²) < 4.78 is 13.5. The Bertz CT molecular complexity index is 644. The molecule has 0 radical (unpaired) electrons. The van der Waals surface area contributed by atoms with Gasteiger partial charge in [-0.3, -0.25) is 0 Å². The monoisotopic (exact) mass is 305 g/mol. The fourth-order valence-corrected chi connectivity index (χ4v) is 2.61. The minimum Gasteiger partial charge on any atom is -0.320 e. The average Bonchev–Trinajstić information content (AvgIpc) is 2.44. The van der Waals surface area contributed by atoms with E-state index in [2.05, 4.69) is 11.8 Å². The highest BCUT2D eigenvalue weighted by molar-refractivity contribution is 7.98. The van der Waals surface area contributed by atoms with Gasteiger partial charge in [-0.1, -0.05) is 23.4 Å². The van der Waals surface area contributed by atoms with Gasteiger partial charge >= 0.3 is 0 Å². The van der Waals surface area contributed by atoms with Gasteiger partial charge in [-0.25, -0.2) is 4.39 Å². The Morgan fingerprint density at radius 1 is 1.15 bits per heavy atom. The van der Waals surface area contributed by atoms with Crippen LogP contribution in [0, 0.1) is 17.7 Å². The Hall–Kier alpha value is -1.47. The highest BCUT2D eigenvalue weighted by Crippen LogP contribution is 2.25. The number of nitrogens with two attached hydrogens (primary N) is 1. The predicted molar refractivity (Wildman–Crippen MR) is 83.3 cm³/mol. The summed E-state index contributed by atoms with van der Waals surface area (Å²) in [4.78, 5) is 1.09. The molecular formula is C16H13ClFNS. The van der Waals surface area contributed by atoms with Crippen LogP contribution in [0.1, 0.15) is 11.1 Å². The van der Waals surface area contributed by atoms with Crippen LogP contribution in [-0.2, 0) is 5.75 Å². The third-order valence-corrected chi connectivity index (χ3v) is 3.85. The molecule has 1 nitrogen and oxygen atoms in total. The maximum absolute atomic E-state index is 13.5. The molecule has 0 saturated carbocycles. The van der Waals surface area contributed by atoms with Crippen LogP contribution in [0.5, 0.6) is 0 Å². The van der Waals surface area contributed by atoms with Crippen LogP contribution in [0.2, 0.25) is 5.02 Å². The van der Waals surface area contributed by atoms with E-state index in [0.29, 0.717) is 16.3 Å². The van der Waals surface area contributed by atoms with Crippen molar-refractivity contribution in [2.24, 2.45) is 5.73 Å². The Balaban J connectivity index is 2.09. The van der Waals surface area contributed by atoms with Gasteiger partial charge in [0.25, 0.3) is 0 Å². The van der Waals surface area contributed by atoms with Crippen molar-refractivity contribution in [2.75, 3.05) is 6.54 Å². The summed E-state index contributed by atoms with van der Waals surface area (Å²) in [7, 11) is 0. The van der Waals surface area contributed by atoms with E-state index in [4.69, 9.17) is 17.3 Å². The van der Waals surface area contributed by atoms with Gasteiger partial charge in [-0.2, -0.15) is 0 Å². The second-order valence-electron chi connectivity index (χ2n) is 4.10. The maximum Gasteiger partial charge on any atom is 0.124 e. The number of benzene rings is 2. The molecular weight excluding hydrogens is 293 g/mol. The zero-order chi connectivity index (χ0) is 14.4. The average molecular weight is 306 g/mol. The van der Waals surface area contributed by atoms with Gasteiger partial charge in [0.05, 0.1) is 6.54 Å². The molecule has 0 aliphatic rings. The van der Waals surface area contributed by atoms with E-state index < -0.39 is 0 Å². The molecule has 0 aromatic heterocycles. The summed E-state index contributed by atoms with van der Waals surface area (Å²) in [5.41, 5.74) is 6.87. The molecule has 0 atom stereocenters. The van der Waals surface area contributed by atoms with Crippen LogP contribution in [0.15, 0.2) is 47.4 Å². The molecule has 4 heteroatoms. The second-order valence-corrected chi connectivity index (χ2v) is 5.58. The molecule has 2 aromatic rings. The predicted octanol–water partition coefficient (Wildman–Crippen LogP) is 4.08. The van der Waals surface area contributed by atoms with Gasteiger partial charge < -0.3 is 5.73 Å². The van der Waals surface area contributed by atoms with E-state index >= 15 is 0 Å². The quantitative estimate of drug-likeness (QED) is 0.683. The van der Waals surface area contributed by atoms with E-state index in [9.17, 15) is 4.39 Å². The van der Waals surface area contributed by atoms with E-state index in [1.54, 1.807) is 11.8 Å². The summed E-state index contributed by atoms with van der Waals surface area (Å²) in [5, 5.41) is 0.708. The first kappa shape index (κ1) is 14.9. The minimum atomic E-state index is -0.277. The molecule has 0 fully saturated rings. The highest BCUT2D eigenvalue weighted by atomic mass is 35.5. The van der Waals surface area contributed by atoms with Crippen LogP contribution in [0.3, 0.4) is 0 Å². The van der Waals surface area contributed by atoms with Gasteiger partial charge in [-0.15, -0.1) is 11.8 Å². The Morgan fingerprint density at radius 3 is 2.60 bits per heavy atom. The summed E-state index contributed by atoms with van der Waals surface area (Å²) in [6.07, 6.45) is 0. The lowest BCUT2D eigenvalue weighted by Crippen LogP contribution is -1.93. The Labute approximate surface area is 127 Å². The molecule has 0 aliphatic heterocycles. The van der Waals surface area contributed by atoms with E-state index in [1.807, 2.05) is 30.3 Å². The van der Waals surface area contributed by atoms with E-state index in [1.165, 1.54) is 12.1 Å². The minimum absolute atomic E-state index is 0.269. The topological polar surface area (TPSA) is 26.0 Å². The van der Waals surface area contributed by atoms with E-state index in [0.717, 1.165) is 10.5 Å².